The third-order valence-corrected chi connectivity index (χ3v) is 5.76. The summed E-state index contributed by atoms with van der Waals surface area (Å²) in [6, 6.07) is 6.33. The Morgan fingerprint density at radius 1 is 1.18 bits per heavy atom. The molecule has 122 valence electrons. The van der Waals surface area contributed by atoms with E-state index in [1.807, 2.05) is 13.8 Å². The molecule has 2 rings (SSSR count). The fourth-order valence-corrected chi connectivity index (χ4v) is 4.17. The molecule has 0 radical (unpaired) electrons. The summed E-state index contributed by atoms with van der Waals surface area (Å²) in [6.45, 7) is 7.68. The second-order valence-electron chi connectivity index (χ2n) is 6.15. The number of nitrogens with one attached hydrogen (secondary N) is 1. The van der Waals surface area contributed by atoms with Gasteiger partial charge in [-0.3, -0.25) is 9.69 Å². The number of Topliss-reactive ketones (excluding diaryl/α,β-unsaturated/α-hetero) is 1. The molecule has 0 amide bonds. The summed E-state index contributed by atoms with van der Waals surface area (Å²) in [4.78, 5) is 14.6. The largest absolute Gasteiger partial charge is 0.314 e. The first-order valence-corrected chi connectivity index (χ1v) is 9.33. The molecule has 1 N–H and O–H groups in total. The number of carbonyl (C=O) groups excluding carboxylic acids is 1. The Balaban J connectivity index is 2.03. The number of ketones is 1. The van der Waals surface area contributed by atoms with Gasteiger partial charge in [0.25, 0.3) is 0 Å². The van der Waals surface area contributed by atoms with E-state index in [0.29, 0.717) is 17.0 Å². The predicted molar refractivity (Wildman–Crippen MR) is 87.0 cm³/mol. The zero-order valence-electron chi connectivity index (χ0n) is 13.2. The Labute approximate surface area is 132 Å². The monoisotopic (exact) mass is 324 g/mol. The standard InChI is InChI=1S/C16H24N2O3S/c1-13(2)12-22(20,21)15-5-3-14(4-6-15)16(19)11-18-9-7-17-8-10-18/h3-6,13,17H,7-12H2,1-2H3. The molecular formula is C16H24N2O3S. The molecule has 0 unspecified atom stereocenters. The normalized spacial score (nSPS) is 16.9. The number of benzene rings is 1. The average Bonchev–Trinajstić information content (AvgIpc) is 2.47. The minimum atomic E-state index is -3.26. The van der Waals surface area contributed by atoms with E-state index in [1.165, 1.54) is 0 Å². The molecule has 1 aliphatic rings. The van der Waals surface area contributed by atoms with E-state index >= 15 is 0 Å². The van der Waals surface area contributed by atoms with Crippen LogP contribution in [0.2, 0.25) is 0 Å². The Kier molecular flexibility index (Phi) is 5.72. The third kappa shape index (κ3) is 4.63. The summed E-state index contributed by atoms with van der Waals surface area (Å²) in [6.07, 6.45) is 0. The number of sulfone groups is 1. The highest BCUT2D eigenvalue weighted by Crippen LogP contribution is 2.15. The zero-order valence-corrected chi connectivity index (χ0v) is 14.0. The van der Waals surface area contributed by atoms with Crippen LogP contribution in [0.25, 0.3) is 0 Å². The minimum Gasteiger partial charge on any atom is -0.314 e. The van der Waals surface area contributed by atoms with Gasteiger partial charge in [-0.1, -0.05) is 26.0 Å². The van der Waals surface area contributed by atoms with Crippen molar-refractivity contribution < 1.29 is 13.2 Å². The quantitative estimate of drug-likeness (QED) is 0.797. The molecule has 0 bridgehead atoms. The molecule has 1 fully saturated rings. The fraction of sp³-hybridized carbons (Fsp3) is 0.562. The van der Waals surface area contributed by atoms with Gasteiger partial charge < -0.3 is 5.32 Å². The lowest BCUT2D eigenvalue weighted by Crippen LogP contribution is -2.45. The van der Waals surface area contributed by atoms with Crippen LogP contribution in [0.15, 0.2) is 29.2 Å². The molecule has 0 saturated carbocycles. The first kappa shape index (κ1) is 17.1. The highest BCUT2D eigenvalue weighted by molar-refractivity contribution is 7.91. The van der Waals surface area contributed by atoms with Crippen molar-refractivity contribution in [1.82, 2.24) is 10.2 Å². The van der Waals surface area contributed by atoms with Gasteiger partial charge in [0.1, 0.15) is 0 Å². The van der Waals surface area contributed by atoms with E-state index in [9.17, 15) is 13.2 Å². The van der Waals surface area contributed by atoms with Gasteiger partial charge in [0.2, 0.25) is 0 Å². The van der Waals surface area contributed by atoms with Crippen molar-refractivity contribution in [3.8, 4) is 0 Å². The van der Waals surface area contributed by atoms with E-state index in [-0.39, 0.29) is 17.5 Å². The van der Waals surface area contributed by atoms with Crippen molar-refractivity contribution in [2.75, 3.05) is 38.5 Å². The molecule has 0 atom stereocenters. The zero-order chi connectivity index (χ0) is 16.2. The van der Waals surface area contributed by atoms with Crippen molar-refractivity contribution in [2.45, 2.75) is 18.7 Å². The Morgan fingerprint density at radius 2 is 1.77 bits per heavy atom. The van der Waals surface area contributed by atoms with Gasteiger partial charge in [0, 0.05) is 31.7 Å². The van der Waals surface area contributed by atoms with Crippen molar-refractivity contribution in [2.24, 2.45) is 5.92 Å². The van der Waals surface area contributed by atoms with E-state index in [4.69, 9.17) is 0 Å². The van der Waals surface area contributed by atoms with Crippen LogP contribution in [0.1, 0.15) is 24.2 Å². The smallest absolute Gasteiger partial charge is 0.178 e. The van der Waals surface area contributed by atoms with E-state index < -0.39 is 9.84 Å². The molecule has 0 aromatic heterocycles. The maximum atomic E-state index is 12.2. The van der Waals surface area contributed by atoms with Gasteiger partial charge in [-0.15, -0.1) is 0 Å². The van der Waals surface area contributed by atoms with Crippen LogP contribution in [0.3, 0.4) is 0 Å². The number of piperazine rings is 1. The minimum absolute atomic E-state index is 0.0368. The van der Waals surface area contributed by atoms with Crippen LogP contribution in [-0.2, 0) is 9.84 Å². The summed E-state index contributed by atoms with van der Waals surface area (Å²) in [5, 5.41) is 3.25. The van der Waals surface area contributed by atoms with E-state index in [0.717, 1.165) is 26.2 Å². The van der Waals surface area contributed by atoms with Crippen LogP contribution in [0.5, 0.6) is 0 Å². The molecular weight excluding hydrogens is 300 g/mol. The van der Waals surface area contributed by atoms with Gasteiger partial charge in [0.05, 0.1) is 17.2 Å². The molecule has 1 heterocycles. The molecule has 1 saturated heterocycles. The van der Waals surface area contributed by atoms with Gasteiger partial charge >= 0.3 is 0 Å². The Morgan fingerprint density at radius 3 is 2.32 bits per heavy atom. The van der Waals surface area contributed by atoms with Gasteiger partial charge in [-0.25, -0.2) is 8.42 Å². The van der Waals surface area contributed by atoms with Crippen LogP contribution >= 0.6 is 0 Å². The van der Waals surface area contributed by atoms with Crippen LogP contribution in [0, 0.1) is 5.92 Å². The lowest BCUT2D eigenvalue weighted by Gasteiger charge is -2.26. The summed E-state index contributed by atoms with van der Waals surface area (Å²) in [7, 11) is -3.26. The topological polar surface area (TPSA) is 66.5 Å². The lowest BCUT2D eigenvalue weighted by molar-refractivity contribution is 0.0921. The average molecular weight is 324 g/mol. The van der Waals surface area contributed by atoms with E-state index in [1.54, 1.807) is 24.3 Å². The number of hydrogen-bond acceptors (Lipinski definition) is 5. The number of nitrogens with zero attached hydrogens (tertiary/aromatic N) is 1. The third-order valence-electron chi connectivity index (χ3n) is 3.66. The number of carbonyl (C=O) groups is 1. The molecule has 1 aromatic carbocycles. The molecule has 1 aliphatic heterocycles. The van der Waals surface area contributed by atoms with Gasteiger partial charge in [0.15, 0.2) is 15.6 Å². The van der Waals surface area contributed by atoms with Gasteiger partial charge in [-0.2, -0.15) is 0 Å². The maximum Gasteiger partial charge on any atom is 0.178 e. The molecule has 0 spiro atoms. The Bertz CT molecular complexity index is 603. The molecule has 5 nitrogen and oxygen atoms in total. The van der Waals surface area contributed by atoms with Crippen LogP contribution < -0.4 is 5.32 Å². The van der Waals surface area contributed by atoms with Crippen LogP contribution in [0.4, 0.5) is 0 Å². The SMILES string of the molecule is CC(C)CS(=O)(=O)c1ccc(C(=O)CN2CCNCC2)cc1. The summed E-state index contributed by atoms with van der Waals surface area (Å²) >= 11 is 0. The van der Waals surface area contributed by atoms with Crippen molar-refractivity contribution in [3.63, 3.8) is 0 Å². The summed E-state index contributed by atoms with van der Waals surface area (Å²) in [5.41, 5.74) is 0.571. The fourth-order valence-electron chi connectivity index (χ4n) is 2.55. The summed E-state index contributed by atoms with van der Waals surface area (Å²) < 4.78 is 24.3. The molecule has 1 aromatic rings. The molecule has 22 heavy (non-hydrogen) atoms. The first-order chi connectivity index (χ1) is 10.4. The molecule has 0 aliphatic carbocycles. The summed E-state index contributed by atoms with van der Waals surface area (Å²) in [5.74, 6) is 0.245. The lowest BCUT2D eigenvalue weighted by atomic mass is 10.1. The second-order valence-corrected chi connectivity index (χ2v) is 8.18. The highest BCUT2D eigenvalue weighted by Gasteiger charge is 2.18. The number of rotatable bonds is 6. The Hall–Kier alpha value is -1.24. The highest BCUT2D eigenvalue weighted by atomic mass is 32.2. The van der Waals surface area contributed by atoms with Gasteiger partial charge in [-0.05, 0) is 18.1 Å². The van der Waals surface area contributed by atoms with E-state index in [2.05, 4.69) is 10.2 Å². The second kappa shape index (κ2) is 7.35. The number of hydrogen-bond donors (Lipinski definition) is 1. The maximum absolute atomic E-state index is 12.2. The van der Waals surface area contributed by atoms with Crippen molar-refractivity contribution in [3.05, 3.63) is 29.8 Å². The molecule has 6 heteroatoms. The first-order valence-electron chi connectivity index (χ1n) is 7.67. The van der Waals surface area contributed by atoms with Crippen LogP contribution in [-0.4, -0.2) is 57.6 Å². The van der Waals surface area contributed by atoms with Crippen molar-refractivity contribution >= 4 is 15.6 Å². The van der Waals surface area contributed by atoms with Crippen molar-refractivity contribution in [1.29, 1.82) is 0 Å². The predicted octanol–water partition coefficient (Wildman–Crippen LogP) is 1.20.